The van der Waals surface area contributed by atoms with Crippen molar-refractivity contribution in [2.75, 3.05) is 5.32 Å². The summed E-state index contributed by atoms with van der Waals surface area (Å²) in [6.07, 6.45) is -4.68. The van der Waals surface area contributed by atoms with E-state index in [1.807, 2.05) is 0 Å². The number of non-ortho nitro benzene ring substituents is 1. The lowest BCUT2D eigenvalue weighted by Crippen LogP contribution is -2.46. The van der Waals surface area contributed by atoms with Crippen LogP contribution in [0.25, 0.3) is 0 Å². The van der Waals surface area contributed by atoms with Crippen molar-refractivity contribution < 1.29 is 27.7 Å². The minimum Gasteiger partial charge on any atom is -0.327 e. The molecule has 2 aromatic carbocycles. The first kappa shape index (κ1) is 20.8. The van der Waals surface area contributed by atoms with Crippen molar-refractivity contribution in [2.45, 2.75) is 19.1 Å². The summed E-state index contributed by atoms with van der Waals surface area (Å²) in [6, 6.07) is 7.99. The van der Waals surface area contributed by atoms with Gasteiger partial charge in [-0.15, -0.1) is 0 Å². The summed E-state index contributed by atoms with van der Waals surface area (Å²) in [7, 11) is 0. The van der Waals surface area contributed by atoms with Crippen LogP contribution in [0.2, 0.25) is 0 Å². The molecule has 0 saturated carbocycles. The maximum Gasteiger partial charge on any atom is 0.418 e. The molecule has 0 saturated heterocycles. The largest absolute Gasteiger partial charge is 0.418 e. The molecule has 156 valence electrons. The molecule has 30 heavy (non-hydrogen) atoms. The fourth-order valence-corrected chi connectivity index (χ4v) is 3.06. The molecule has 0 radical (unpaired) electrons. The third-order valence-electron chi connectivity index (χ3n) is 4.43. The predicted molar refractivity (Wildman–Crippen MR) is 100 cm³/mol. The highest BCUT2D eigenvalue weighted by atomic mass is 19.4. The third kappa shape index (κ3) is 4.24. The van der Waals surface area contributed by atoms with Gasteiger partial charge in [0.1, 0.15) is 0 Å². The van der Waals surface area contributed by atoms with Gasteiger partial charge in [-0.2, -0.15) is 13.2 Å². The van der Waals surface area contributed by atoms with Gasteiger partial charge in [0.25, 0.3) is 11.6 Å². The Morgan fingerprint density at radius 2 is 1.77 bits per heavy atom. The second-order valence-corrected chi connectivity index (χ2v) is 6.42. The van der Waals surface area contributed by atoms with Crippen molar-refractivity contribution in [1.82, 2.24) is 10.6 Å². The SMILES string of the molecule is CC1=C(C(=O)Nc2ccccc2C(F)(F)F)C(c2ccc([N+](=O)[O-])cc2)NC(=O)N1. The van der Waals surface area contributed by atoms with Gasteiger partial charge in [0.2, 0.25) is 0 Å². The molecule has 3 rings (SSSR count). The number of nitrogens with zero attached hydrogens (tertiary/aromatic N) is 1. The number of hydrogen-bond donors (Lipinski definition) is 3. The molecular weight excluding hydrogens is 405 g/mol. The van der Waals surface area contributed by atoms with Gasteiger partial charge in [-0.05, 0) is 36.8 Å². The number of rotatable bonds is 4. The highest BCUT2D eigenvalue weighted by Gasteiger charge is 2.35. The Labute approximate surface area is 167 Å². The zero-order valence-electron chi connectivity index (χ0n) is 15.4. The van der Waals surface area contributed by atoms with Crippen LogP contribution in [-0.2, 0) is 11.0 Å². The summed E-state index contributed by atoms with van der Waals surface area (Å²) in [4.78, 5) is 35.0. The number of nitrogens with one attached hydrogen (secondary N) is 3. The van der Waals surface area contributed by atoms with Crippen LogP contribution in [0.3, 0.4) is 0 Å². The van der Waals surface area contributed by atoms with E-state index in [1.54, 1.807) is 0 Å². The molecule has 1 aliphatic rings. The highest BCUT2D eigenvalue weighted by molar-refractivity contribution is 6.07. The monoisotopic (exact) mass is 420 g/mol. The average molecular weight is 420 g/mol. The van der Waals surface area contributed by atoms with Crippen LogP contribution in [0.1, 0.15) is 24.1 Å². The Morgan fingerprint density at radius 3 is 2.37 bits per heavy atom. The molecule has 0 fully saturated rings. The van der Waals surface area contributed by atoms with Gasteiger partial charge in [-0.3, -0.25) is 14.9 Å². The number of nitro groups is 1. The van der Waals surface area contributed by atoms with E-state index in [4.69, 9.17) is 0 Å². The molecule has 1 atom stereocenters. The van der Waals surface area contributed by atoms with Gasteiger partial charge < -0.3 is 16.0 Å². The van der Waals surface area contributed by atoms with E-state index in [2.05, 4.69) is 16.0 Å². The number of anilines is 1. The molecule has 0 bridgehead atoms. The van der Waals surface area contributed by atoms with Crippen LogP contribution in [0.4, 0.5) is 29.3 Å². The van der Waals surface area contributed by atoms with Gasteiger partial charge >= 0.3 is 12.2 Å². The number of para-hydroxylation sites is 1. The normalized spacial score (nSPS) is 16.5. The van der Waals surface area contributed by atoms with Crippen molar-refractivity contribution in [3.05, 3.63) is 81.0 Å². The minimum absolute atomic E-state index is 0.0274. The number of allylic oxidation sites excluding steroid dienone is 1. The lowest BCUT2D eigenvalue weighted by atomic mass is 9.94. The number of nitro benzene ring substituents is 1. The second-order valence-electron chi connectivity index (χ2n) is 6.42. The van der Waals surface area contributed by atoms with Crippen LogP contribution in [0.5, 0.6) is 0 Å². The molecule has 3 N–H and O–H groups in total. The summed E-state index contributed by atoms with van der Waals surface area (Å²) >= 11 is 0. The quantitative estimate of drug-likeness (QED) is 0.515. The van der Waals surface area contributed by atoms with Crippen molar-refractivity contribution in [1.29, 1.82) is 0 Å². The van der Waals surface area contributed by atoms with Crippen LogP contribution >= 0.6 is 0 Å². The maximum absolute atomic E-state index is 13.2. The van der Waals surface area contributed by atoms with Crippen molar-refractivity contribution >= 4 is 23.3 Å². The van der Waals surface area contributed by atoms with Crippen LogP contribution in [0.15, 0.2) is 59.8 Å². The summed E-state index contributed by atoms with van der Waals surface area (Å²) in [6.45, 7) is 1.43. The van der Waals surface area contributed by atoms with Crippen LogP contribution in [-0.4, -0.2) is 16.9 Å². The number of hydrogen-bond acceptors (Lipinski definition) is 4. The van der Waals surface area contributed by atoms with Crippen molar-refractivity contribution in [3.63, 3.8) is 0 Å². The fraction of sp³-hybridized carbons (Fsp3) is 0.158. The zero-order valence-corrected chi connectivity index (χ0v) is 15.4. The number of carbonyl (C=O) groups is 2. The Bertz CT molecular complexity index is 1050. The molecular formula is C19H15F3N4O4. The fourth-order valence-electron chi connectivity index (χ4n) is 3.06. The third-order valence-corrected chi connectivity index (χ3v) is 4.43. The van der Waals surface area contributed by atoms with Crippen molar-refractivity contribution in [2.24, 2.45) is 0 Å². The molecule has 11 heteroatoms. The molecule has 1 heterocycles. The number of urea groups is 1. The van der Waals surface area contributed by atoms with E-state index in [-0.39, 0.29) is 17.0 Å². The van der Waals surface area contributed by atoms with Crippen molar-refractivity contribution in [3.8, 4) is 0 Å². The van der Waals surface area contributed by atoms with E-state index in [9.17, 15) is 32.9 Å². The standard InChI is InChI=1S/C19H15F3N4O4/c1-10-15(17(27)24-14-5-3-2-4-13(14)19(20,21)22)16(25-18(28)23-10)11-6-8-12(9-7-11)26(29)30/h2-9,16H,1H3,(H,24,27)(H2,23,25,28). The lowest BCUT2D eigenvalue weighted by Gasteiger charge is -2.29. The van der Waals surface area contributed by atoms with E-state index in [1.165, 1.54) is 43.3 Å². The Morgan fingerprint density at radius 1 is 1.13 bits per heavy atom. The van der Waals surface area contributed by atoms with Crippen LogP contribution < -0.4 is 16.0 Å². The molecule has 0 aromatic heterocycles. The van der Waals surface area contributed by atoms with E-state index < -0.39 is 40.3 Å². The van der Waals surface area contributed by atoms with Gasteiger partial charge in [0.05, 0.1) is 27.8 Å². The maximum atomic E-state index is 13.2. The second kappa shape index (κ2) is 7.85. The highest BCUT2D eigenvalue weighted by Crippen LogP contribution is 2.35. The van der Waals surface area contributed by atoms with E-state index in [0.29, 0.717) is 5.56 Å². The summed E-state index contributed by atoms with van der Waals surface area (Å²) in [5, 5.41) is 18.0. The van der Waals surface area contributed by atoms with Crippen LogP contribution in [0, 0.1) is 10.1 Å². The number of amides is 3. The van der Waals surface area contributed by atoms with E-state index in [0.717, 1.165) is 12.1 Å². The topological polar surface area (TPSA) is 113 Å². The first-order valence-corrected chi connectivity index (χ1v) is 8.58. The zero-order chi connectivity index (χ0) is 22.1. The Balaban J connectivity index is 1.97. The molecule has 2 aromatic rings. The van der Waals surface area contributed by atoms with Gasteiger partial charge in [0.15, 0.2) is 0 Å². The molecule has 3 amide bonds. The Kier molecular flexibility index (Phi) is 5.45. The van der Waals surface area contributed by atoms with Gasteiger partial charge in [0, 0.05) is 17.8 Å². The summed E-state index contributed by atoms with van der Waals surface area (Å²) < 4.78 is 39.7. The number of carbonyl (C=O) groups excluding carboxylic acids is 2. The molecule has 0 spiro atoms. The van der Waals surface area contributed by atoms with Gasteiger partial charge in [-0.25, -0.2) is 4.79 Å². The average Bonchev–Trinajstić information content (AvgIpc) is 2.67. The first-order chi connectivity index (χ1) is 14.1. The lowest BCUT2D eigenvalue weighted by molar-refractivity contribution is -0.384. The Hall–Kier alpha value is -3.89. The predicted octanol–water partition coefficient (Wildman–Crippen LogP) is 3.88. The number of benzene rings is 2. The summed E-state index contributed by atoms with van der Waals surface area (Å²) in [5.74, 6) is -0.861. The number of halogens is 3. The van der Waals surface area contributed by atoms with Gasteiger partial charge in [-0.1, -0.05) is 12.1 Å². The molecule has 1 unspecified atom stereocenters. The molecule has 8 nitrogen and oxygen atoms in total. The van der Waals surface area contributed by atoms with E-state index >= 15 is 0 Å². The number of alkyl halides is 3. The minimum atomic E-state index is -4.68. The first-order valence-electron chi connectivity index (χ1n) is 8.58. The molecule has 1 aliphatic heterocycles. The summed E-state index contributed by atoms with van der Waals surface area (Å²) in [5.41, 5.74) is -1.18. The smallest absolute Gasteiger partial charge is 0.327 e. The molecule has 0 aliphatic carbocycles.